The maximum Gasteiger partial charge on any atom is 0.270 e. The monoisotopic (exact) mass is 417 g/mol. The third kappa shape index (κ3) is 4.59. The Morgan fingerprint density at radius 2 is 1.93 bits per heavy atom. The molecule has 0 fully saturated rings. The molecule has 8 heteroatoms. The van der Waals surface area contributed by atoms with E-state index in [1.165, 1.54) is 18.2 Å². The number of aryl methyl sites for hydroxylation is 1. The fourth-order valence-electron chi connectivity index (χ4n) is 3.36. The molecule has 1 amide bonds. The Labute approximate surface area is 173 Å². The van der Waals surface area contributed by atoms with Crippen LogP contribution in [0.25, 0.3) is 5.65 Å². The van der Waals surface area contributed by atoms with Crippen molar-refractivity contribution in [2.24, 2.45) is 5.92 Å². The fraction of sp³-hybridized carbons (Fsp3) is 0.364. The lowest BCUT2D eigenvalue weighted by atomic mass is 10.0. The molecule has 1 atom stereocenters. The number of nitrogens with zero attached hydrogens (tertiary/aromatic N) is 2. The lowest BCUT2D eigenvalue weighted by Gasteiger charge is -2.18. The summed E-state index contributed by atoms with van der Waals surface area (Å²) in [7, 11) is 0. The number of hydrogen-bond acceptors (Lipinski definition) is 4. The summed E-state index contributed by atoms with van der Waals surface area (Å²) in [5.74, 6) is -1.15. The number of pyridine rings is 1. The molecule has 2 N–H and O–H groups in total. The van der Waals surface area contributed by atoms with Gasteiger partial charge in [-0.2, -0.15) is 0 Å². The number of aromatic nitrogens is 2. The van der Waals surface area contributed by atoms with Crippen molar-refractivity contribution < 1.29 is 23.4 Å². The first kappa shape index (κ1) is 21.7. The van der Waals surface area contributed by atoms with E-state index < -0.39 is 11.6 Å². The van der Waals surface area contributed by atoms with E-state index in [0.717, 1.165) is 0 Å². The van der Waals surface area contributed by atoms with E-state index in [2.05, 4.69) is 10.3 Å². The smallest absolute Gasteiger partial charge is 0.270 e. The molecule has 0 aliphatic rings. The van der Waals surface area contributed by atoms with Crippen LogP contribution in [-0.2, 0) is 6.61 Å². The Bertz CT molecular complexity index is 1030. The average molecular weight is 417 g/mol. The summed E-state index contributed by atoms with van der Waals surface area (Å²) in [4.78, 5) is 17.3. The molecule has 3 rings (SSSR count). The summed E-state index contributed by atoms with van der Waals surface area (Å²) >= 11 is 0. The number of imidazole rings is 1. The third-order valence-electron chi connectivity index (χ3n) is 4.75. The Morgan fingerprint density at radius 3 is 2.57 bits per heavy atom. The van der Waals surface area contributed by atoms with Crippen LogP contribution in [0.4, 0.5) is 8.78 Å². The quantitative estimate of drug-likeness (QED) is 0.587. The maximum atomic E-state index is 13.9. The van der Waals surface area contributed by atoms with Crippen LogP contribution < -0.4 is 10.1 Å². The van der Waals surface area contributed by atoms with Gasteiger partial charge in [0.1, 0.15) is 23.9 Å². The van der Waals surface area contributed by atoms with E-state index in [0.29, 0.717) is 35.1 Å². The van der Waals surface area contributed by atoms with Crippen molar-refractivity contribution in [3.63, 3.8) is 0 Å². The molecule has 1 unspecified atom stereocenters. The minimum atomic E-state index is -0.693. The van der Waals surface area contributed by atoms with E-state index >= 15 is 0 Å². The minimum Gasteiger partial charge on any atom is -0.485 e. The summed E-state index contributed by atoms with van der Waals surface area (Å²) < 4.78 is 35.0. The van der Waals surface area contributed by atoms with E-state index in [4.69, 9.17) is 4.74 Å². The molecular formula is C22H25F2N3O3. The van der Waals surface area contributed by atoms with Crippen molar-refractivity contribution in [1.82, 2.24) is 14.7 Å². The number of benzene rings is 1. The van der Waals surface area contributed by atoms with Gasteiger partial charge in [-0.15, -0.1) is 0 Å². The standard InChI is InChI=1S/C22H25F2N3O3/c1-13(2)10-15(11-28)26-22(29)20-14(3)25-21-19(8-5-9-27(20)21)30-12-16-17(23)6-4-7-18(16)24/h4-9,13,15,28H,10-12H2,1-3H3,(H,26,29). The molecule has 0 aliphatic heterocycles. The number of aliphatic hydroxyl groups is 1. The molecule has 0 spiro atoms. The number of rotatable bonds is 8. The first-order chi connectivity index (χ1) is 14.3. The number of amides is 1. The van der Waals surface area contributed by atoms with Crippen LogP contribution in [-0.4, -0.2) is 33.0 Å². The van der Waals surface area contributed by atoms with Crippen LogP contribution in [0, 0.1) is 24.5 Å². The molecule has 2 aromatic heterocycles. The van der Waals surface area contributed by atoms with Crippen LogP contribution in [0.15, 0.2) is 36.5 Å². The summed E-state index contributed by atoms with van der Waals surface area (Å²) in [6, 6.07) is 6.54. The number of hydrogen-bond donors (Lipinski definition) is 2. The zero-order valence-electron chi connectivity index (χ0n) is 17.2. The van der Waals surface area contributed by atoms with Crippen molar-refractivity contribution in [2.45, 2.75) is 39.8 Å². The summed E-state index contributed by atoms with van der Waals surface area (Å²) in [6.07, 6.45) is 2.30. The first-order valence-corrected chi connectivity index (χ1v) is 9.76. The molecule has 3 aromatic rings. The van der Waals surface area contributed by atoms with Gasteiger partial charge in [-0.1, -0.05) is 19.9 Å². The molecule has 0 saturated carbocycles. The molecule has 6 nitrogen and oxygen atoms in total. The predicted molar refractivity (Wildman–Crippen MR) is 108 cm³/mol. The summed E-state index contributed by atoms with van der Waals surface area (Å²) in [5.41, 5.74) is 0.970. The van der Waals surface area contributed by atoms with Gasteiger partial charge in [0, 0.05) is 6.20 Å². The zero-order chi connectivity index (χ0) is 21.8. The maximum absolute atomic E-state index is 13.9. The van der Waals surface area contributed by atoms with Gasteiger partial charge in [0.25, 0.3) is 5.91 Å². The molecule has 160 valence electrons. The Kier molecular flexibility index (Phi) is 6.66. The van der Waals surface area contributed by atoms with E-state index in [9.17, 15) is 18.7 Å². The highest BCUT2D eigenvalue weighted by Gasteiger charge is 2.22. The average Bonchev–Trinajstić information content (AvgIpc) is 3.03. The Hall–Kier alpha value is -3.00. The lowest BCUT2D eigenvalue weighted by Crippen LogP contribution is -2.39. The second kappa shape index (κ2) is 9.21. The highest BCUT2D eigenvalue weighted by Crippen LogP contribution is 2.24. The van der Waals surface area contributed by atoms with Crippen molar-refractivity contribution in [1.29, 1.82) is 0 Å². The molecule has 0 radical (unpaired) electrons. The number of ether oxygens (including phenoxy) is 1. The van der Waals surface area contributed by atoms with Crippen molar-refractivity contribution in [3.8, 4) is 5.75 Å². The van der Waals surface area contributed by atoms with Gasteiger partial charge in [-0.25, -0.2) is 13.8 Å². The Balaban J connectivity index is 1.87. The molecule has 0 aliphatic carbocycles. The van der Waals surface area contributed by atoms with Crippen molar-refractivity contribution in [2.75, 3.05) is 6.61 Å². The van der Waals surface area contributed by atoms with Crippen LogP contribution >= 0.6 is 0 Å². The molecule has 2 heterocycles. The summed E-state index contributed by atoms with van der Waals surface area (Å²) in [5, 5.41) is 12.4. The van der Waals surface area contributed by atoms with Gasteiger partial charge in [0.2, 0.25) is 0 Å². The van der Waals surface area contributed by atoms with Crippen molar-refractivity contribution in [3.05, 3.63) is 65.1 Å². The van der Waals surface area contributed by atoms with Gasteiger partial charge in [0.05, 0.1) is 23.9 Å². The number of carbonyl (C=O) groups is 1. The van der Waals surface area contributed by atoms with Crippen LogP contribution in [0.3, 0.4) is 0 Å². The number of carbonyl (C=O) groups excluding carboxylic acids is 1. The van der Waals surface area contributed by atoms with Crippen LogP contribution in [0.5, 0.6) is 5.75 Å². The number of aliphatic hydroxyl groups excluding tert-OH is 1. The third-order valence-corrected chi connectivity index (χ3v) is 4.75. The number of nitrogens with one attached hydrogen (secondary N) is 1. The van der Waals surface area contributed by atoms with E-state index in [1.54, 1.807) is 29.7 Å². The van der Waals surface area contributed by atoms with Crippen molar-refractivity contribution >= 4 is 11.6 Å². The highest BCUT2D eigenvalue weighted by atomic mass is 19.1. The van der Waals surface area contributed by atoms with Gasteiger partial charge in [-0.05, 0) is 43.5 Å². The van der Waals surface area contributed by atoms with Gasteiger partial charge in [-0.3, -0.25) is 9.20 Å². The SMILES string of the molecule is Cc1nc2c(OCc3c(F)cccc3F)cccn2c1C(=O)NC(CO)CC(C)C. The molecule has 0 saturated heterocycles. The second-order valence-corrected chi connectivity index (χ2v) is 7.58. The number of halogens is 2. The van der Waals surface area contributed by atoms with Crippen LogP contribution in [0.2, 0.25) is 0 Å². The van der Waals surface area contributed by atoms with E-state index in [-0.39, 0.29) is 30.7 Å². The Morgan fingerprint density at radius 1 is 1.23 bits per heavy atom. The van der Waals surface area contributed by atoms with Gasteiger partial charge in [0.15, 0.2) is 11.4 Å². The molecule has 30 heavy (non-hydrogen) atoms. The largest absolute Gasteiger partial charge is 0.485 e. The lowest BCUT2D eigenvalue weighted by molar-refractivity contribution is 0.0901. The second-order valence-electron chi connectivity index (χ2n) is 7.58. The van der Waals surface area contributed by atoms with E-state index in [1.807, 2.05) is 13.8 Å². The zero-order valence-corrected chi connectivity index (χ0v) is 17.2. The molecular weight excluding hydrogens is 392 g/mol. The van der Waals surface area contributed by atoms with Gasteiger partial charge >= 0.3 is 0 Å². The topological polar surface area (TPSA) is 75.9 Å². The number of fused-ring (bicyclic) bond motifs is 1. The van der Waals surface area contributed by atoms with Gasteiger partial charge < -0.3 is 15.2 Å². The minimum absolute atomic E-state index is 0.164. The van der Waals surface area contributed by atoms with Crippen LogP contribution in [0.1, 0.15) is 42.0 Å². The fourth-order valence-corrected chi connectivity index (χ4v) is 3.36. The predicted octanol–water partition coefficient (Wildman–Crippen LogP) is 3.64. The molecule has 0 bridgehead atoms. The summed E-state index contributed by atoms with van der Waals surface area (Å²) in [6.45, 7) is 5.24. The first-order valence-electron chi connectivity index (χ1n) is 9.76. The normalized spacial score (nSPS) is 12.4. The molecule has 1 aromatic carbocycles. The highest BCUT2D eigenvalue weighted by molar-refractivity contribution is 5.95.